The number of methoxy groups -OCH3 is 1. The maximum Gasteiger partial charge on any atom is 0.291 e. The molecule has 0 saturated carbocycles. The molecule has 1 aliphatic rings. The number of carbonyl (C=O) groups excluding carboxylic acids is 2. The second-order valence-corrected chi connectivity index (χ2v) is 7.03. The fourth-order valence-corrected chi connectivity index (χ4v) is 3.59. The molecule has 7 heteroatoms. The van der Waals surface area contributed by atoms with Crippen LogP contribution in [0.3, 0.4) is 0 Å². The van der Waals surface area contributed by atoms with Crippen LogP contribution in [0.2, 0.25) is 0 Å². The van der Waals surface area contributed by atoms with E-state index in [1.165, 1.54) is 0 Å². The van der Waals surface area contributed by atoms with E-state index in [4.69, 9.17) is 4.74 Å². The zero-order valence-electron chi connectivity index (χ0n) is 16.3. The minimum absolute atomic E-state index is 0.00378. The average Bonchev–Trinajstić information content (AvgIpc) is 3.10. The van der Waals surface area contributed by atoms with Crippen molar-refractivity contribution < 1.29 is 14.3 Å². The van der Waals surface area contributed by atoms with Crippen molar-refractivity contribution in [1.29, 1.82) is 0 Å². The van der Waals surface area contributed by atoms with Crippen molar-refractivity contribution in [3.8, 4) is 5.75 Å². The number of benzene rings is 2. The molecule has 0 radical (unpaired) electrons. The van der Waals surface area contributed by atoms with E-state index in [9.17, 15) is 9.59 Å². The number of ether oxygens (including phenoxy) is 1. The molecule has 1 aromatic heterocycles. The fraction of sp³-hybridized carbons (Fsp3) is 0.227. The molecule has 7 nitrogen and oxygen atoms in total. The number of fused-ring (bicyclic) bond motifs is 1. The first-order chi connectivity index (χ1) is 14.1. The van der Waals surface area contributed by atoms with Crippen LogP contribution in [0.5, 0.6) is 5.75 Å². The van der Waals surface area contributed by atoms with Crippen LogP contribution in [-0.4, -0.2) is 35.4 Å². The second kappa shape index (κ2) is 7.79. The smallest absolute Gasteiger partial charge is 0.291 e. The Morgan fingerprint density at radius 2 is 1.93 bits per heavy atom. The molecule has 1 unspecified atom stereocenters. The summed E-state index contributed by atoms with van der Waals surface area (Å²) in [5.74, 6) is 0.225. The number of carbonyl (C=O) groups is 2. The highest BCUT2D eigenvalue weighted by atomic mass is 16.5. The van der Waals surface area contributed by atoms with Gasteiger partial charge in [-0.3, -0.25) is 9.59 Å². The van der Waals surface area contributed by atoms with Gasteiger partial charge in [0.15, 0.2) is 5.82 Å². The number of imidazole rings is 1. The first-order valence-corrected chi connectivity index (χ1v) is 9.43. The third-order valence-electron chi connectivity index (χ3n) is 5.14. The van der Waals surface area contributed by atoms with E-state index in [0.29, 0.717) is 24.3 Å². The zero-order chi connectivity index (χ0) is 20.4. The van der Waals surface area contributed by atoms with Gasteiger partial charge in [0, 0.05) is 23.8 Å². The van der Waals surface area contributed by atoms with Gasteiger partial charge < -0.3 is 20.4 Å². The summed E-state index contributed by atoms with van der Waals surface area (Å²) in [5.41, 5.74) is 3.57. The van der Waals surface area contributed by atoms with Crippen molar-refractivity contribution in [2.24, 2.45) is 0 Å². The van der Waals surface area contributed by atoms with E-state index in [2.05, 4.69) is 20.6 Å². The molecule has 3 aromatic rings. The van der Waals surface area contributed by atoms with Crippen molar-refractivity contribution in [2.45, 2.75) is 19.3 Å². The molecule has 0 spiro atoms. The van der Waals surface area contributed by atoms with Crippen LogP contribution in [0.1, 0.15) is 43.8 Å². The third-order valence-corrected chi connectivity index (χ3v) is 5.14. The van der Waals surface area contributed by atoms with Gasteiger partial charge in [-0.05, 0) is 36.6 Å². The molecule has 1 atom stereocenters. The predicted octanol–water partition coefficient (Wildman–Crippen LogP) is 3.05. The molecular formula is C22H22N4O3. The molecule has 4 rings (SSSR count). The Morgan fingerprint density at radius 3 is 2.72 bits per heavy atom. The van der Waals surface area contributed by atoms with E-state index in [-0.39, 0.29) is 29.3 Å². The Bertz CT molecular complexity index is 1070. The topological polar surface area (TPSA) is 96.1 Å². The molecule has 0 aliphatic carbocycles. The summed E-state index contributed by atoms with van der Waals surface area (Å²) in [6.45, 7) is 2.38. The lowest BCUT2D eigenvalue weighted by Gasteiger charge is -2.17. The first-order valence-electron chi connectivity index (χ1n) is 9.43. The van der Waals surface area contributed by atoms with Crippen LogP contribution >= 0.6 is 0 Å². The monoisotopic (exact) mass is 390 g/mol. The van der Waals surface area contributed by atoms with Gasteiger partial charge in [0.25, 0.3) is 11.8 Å². The molecule has 2 aromatic carbocycles. The number of nitrogens with zero attached hydrogens (tertiary/aromatic N) is 1. The van der Waals surface area contributed by atoms with Crippen LogP contribution in [-0.2, 0) is 6.42 Å². The standard InChI is InChI=1S/C22H22N4O3/c1-13-7-3-5-9-16(13)25-22(28)20-24-17-11-14(12-23-21(27)19(17)26-20)15-8-4-6-10-18(15)29-2/h3-10,14H,11-12H2,1-2H3,(H,23,27)(H,24,26)(H,25,28). The Hall–Kier alpha value is -3.61. The Labute approximate surface area is 168 Å². The third kappa shape index (κ3) is 3.71. The van der Waals surface area contributed by atoms with Crippen LogP contribution in [0, 0.1) is 6.92 Å². The van der Waals surface area contributed by atoms with Crippen molar-refractivity contribution >= 4 is 17.5 Å². The number of aromatic nitrogens is 2. The normalized spacial score (nSPS) is 15.8. The average molecular weight is 390 g/mol. The van der Waals surface area contributed by atoms with Gasteiger partial charge in [0.1, 0.15) is 11.4 Å². The quantitative estimate of drug-likeness (QED) is 0.638. The molecule has 2 heterocycles. The number of aryl methyl sites for hydroxylation is 1. The first kappa shape index (κ1) is 18.7. The van der Waals surface area contributed by atoms with Gasteiger partial charge in [0.2, 0.25) is 0 Å². The summed E-state index contributed by atoms with van der Waals surface area (Å²) in [6, 6.07) is 15.2. The molecule has 148 valence electrons. The summed E-state index contributed by atoms with van der Waals surface area (Å²) < 4.78 is 5.47. The van der Waals surface area contributed by atoms with E-state index in [1.54, 1.807) is 7.11 Å². The lowest BCUT2D eigenvalue weighted by atomic mass is 9.93. The Balaban J connectivity index is 1.62. The van der Waals surface area contributed by atoms with E-state index in [1.807, 2.05) is 55.5 Å². The van der Waals surface area contributed by atoms with Crippen LogP contribution in [0.4, 0.5) is 5.69 Å². The molecule has 3 N–H and O–H groups in total. The zero-order valence-corrected chi connectivity index (χ0v) is 16.3. The van der Waals surface area contributed by atoms with Crippen LogP contribution in [0.25, 0.3) is 0 Å². The molecule has 0 fully saturated rings. The molecule has 1 aliphatic heterocycles. The molecular weight excluding hydrogens is 368 g/mol. The lowest BCUT2D eigenvalue weighted by molar-refractivity contribution is 0.0950. The maximum absolute atomic E-state index is 12.7. The summed E-state index contributed by atoms with van der Waals surface area (Å²) in [6.07, 6.45) is 0.541. The van der Waals surface area contributed by atoms with Crippen LogP contribution in [0.15, 0.2) is 48.5 Å². The summed E-state index contributed by atoms with van der Waals surface area (Å²) in [5, 5.41) is 5.75. The van der Waals surface area contributed by atoms with E-state index in [0.717, 1.165) is 16.9 Å². The number of amides is 2. The number of nitrogens with one attached hydrogen (secondary N) is 3. The molecule has 0 bridgehead atoms. The fourth-order valence-electron chi connectivity index (χ4n) is 3.59. The number of H-pyrrole nitrogens is 1. The maximum atomic E-state index is 12.7. The minimum Gasteiger partial charge on any atom is -0.496 e. The Morgan fingerprint density at radius 1 is 1.17 bits per heavy atom. The van der Waals surface area contributed by atoms with Gasteiger partial charge in [0.05, 0.1) is 7.11 Å². The largest absolute Gasteiger partial charge is 0.496 e. The lowest BCUT2D eigenvalue weighted by Crippen LogP contribution is -2.27. The highest BCUT2D eigenvalue weighted by Crippen LogP contribution is 2.30. The predicted molar refractivity (Wildman–Crippen MR) is 109 cm³/mol. The molecule has 2 amide bonds. The summed E-state index contributed by atoms with van der Waals surface area (Å²) in [7, 11) is 1.63. The Kier molecular flexibility index (Phi) is 5.03. The van der Waals surface area contributed by atoms with Gasteiger partial charge in [-0.25, -0.2) is 4.98 Å². The SMILES string of the molecule is COc1ccccc1C1CNC(=O)c2nc(C(=O)Nc3ccccc3C)[nH]c2C1. The highest BCUT2D eigenvalue weighted by Gasteiger charge is 2.29. The highest BCUT2D eigenvalue weighted by molar-refractivity contribution is 6.03. The van der Waals surface area contributed by atoms with Crippen molar-refractivity contribution in [3.63, 3.8) is 0 Å². The van der Waals surface area contributed by atoms with E-state index >= 15 is 0 Å². The molecule has 29 heavy (non-hydrogen) atoms. The number of hydrogen-bond donors (Lipinski definition) is 3. The minimum atomic E-state index is -0.381. The molecule has 0 saturated heterocycles. The van der Waals surface area contributed by atoms with Crippen molar-refractivity contribution in [2.75, 3.05) is 19.0 Å². The summed E-state index contributed by atoms with van der Waals surface area (Å²) in [4.78, 5) is 32.5. The van der Waals surface area contributed by atoms with Crippen molar-refractivity contribution in [1.82, 2.24) is 15.3 Å². The van der Waals surface area contributed by atoms with Crippen LogP contribution < -0.4 is 15.4 Å². The van der Waals surface area contributed by atoms with E-state index < -0.39 is 0 Å². The van der Waals surface area contributed by atoms with Crippen molar-refractivity contribution in [3.05, 3.63) is 76.9 Å². The number of hydrogen-bond acceptors (Lipinski definition) is 4. The number of anilines is 1. The number of rotatable bonds is 4. The van der Waals surface area contributed by atoms with Gasteiger partial charge in [-0.15, -0.1) is 0 Å². The second-order valence-electron chi connectivity index (χ2n) is 7.03. The number of para-hydroxylation sites is 2. The van der Waals surface area contributed by atoms with Gasteiger partial charge in [-0.1, -0.05) is 36.4 Å². The van der Waals surface area contributed by atoms with Gasteiger partial charge >= 0.3 is 0 Å². The van der Waals surface area contributed by atoms with Gasteiger partial charge in [-0.2, -0.15) is 0 Å². The summed E-state index contributed by atoms with van der Waals surface area (Å²) >= 11 is 0. The number of aromatic amines is 1.